The first-order chi connectivity index (χ1) is 11.4. The summed E-state index contributed by atoms with van der Waals surface area (Å²) in [5.74, 6) is -0.888. The number of rotatable bonds is 5. The van der Waals surface area contributed by atoms with E-state index in [9.17, 15) is 13.6 Å². The van der Waals surface area contributed by atoms with Gasteiger partial charge in [0.15, 0.2) is 11.6 Å². The van der Waals surface area contributed by atoms with Gasteiger partial charge in [-0.3, -0.25) is 9.69 Å². The molecule has 2 aliphatic heterocycles. The van der Waals surface area contributed by atoms with Crippen LogP contribution in [0.5, 0.6) is 0 Å². The van der Waals surface area contributed by atoms with E-state index in [0.717, 1.165) is 18.7 Å². The van der Waals surface area contributed by atoms with Crippen molar-refractivity contribution in [1.82, 2.24) is 10.2 Å². The molecule has 1 aromatic carbocycles. The van der Waals surface area contributed by atoms with E-state index in [1.807, 2.05) is 13.8 Å². The Kier molecular flexibility index (Phi) is 5.15. The second kappa shape index (κ2) is 7.15. The number of fused-ring (bicyclic) bond motifs is 1. The standard InChI is InChI=1S/C18H24F2N2O2/c1-11(2)18(23)21-6-13-10-24-17-9-22(8-14(13)17)7-12-3-4-15(19)16(20)5-12/h3-5,11,13-14,17H,6-10H2,1-2H3,(H,21,23)/t13-,14+,17+/m1/s1. The number of likely N-dealkylation sites (tertiary alicyclic amines) is 1. The van der Waals surface area contributed by atoms with Crippen molar-refractivity contribution in [2.45, 2.75) is 26.5 Å². The van der Waals surface area contributed by atoms with Gasteiger partial charge in [0, 0.05) is 43.9 Å². The molecule has 0 bridgehead atoms. The topological polar surface area (TPSA) is 41.6 Å². The number of hydrogen-bond acceptors (Lipinski definition) is 3. The fourth-order valence-electron chi connectivity index (χ4n) is 3.55. The maximum absolute atomic E-state index is 13.3. The summed E-state index contributed by atoms with van der Waals surface area (Å²) in [5.41, 5.74) is 0.763. The first-order valence-corrected chi connectivity index (χ1v) is 8.49. The van der Waals surface area contributed by atoms with Crippen LogP contribution >= 0.6 is 0 Å². The predicted octanol–water partition coefficient (Wildman–Crippen LogP) is 2.18. The van der Waals surface area contributed by atoms with E-state index in [0.29, 0.717) is 31.5 Å². The van der Waals surface area contributed by atoms with Gasteiger partial charge >= 0.3 is 0 Å². The maximum Gasteiger partial charge on any atom is 0.222 e. The number of carbonyl (C=O) groups is 1. The van der Waals surface area contributed by atoms with Crippen molar-refractivity contribution in [3.63, 3.8) is 0 Å². The maximum atomic E-state index is 13.3. The van der Waals surface area contributed by atoms with Crippen LogP contribution in [0.1, 0.15) is 19.4 Å². The van der Waals surface area contributed by atoms with E-state index in [4.69, 9.17) is 4.74 Å². The number of amides is 1. The van der Waals surface area contributed by atoms with Crippen LogP contribution in [0.15, 0.2) is 18.2 Å². The molecule has 0 radical (unpaired) electrons. The third-order valence-electron chi connectivity index (χ3n) is 4.97. The lowest BCUT2D eigenvalue weighted by Gasteiger charge is -2.20. The number of carbonyl (C=O) groups excluding carboxylic acids is 1. The third-order valence-corrected chi connectivity index (χ3v) is 4.97. The van der Waals surface area contributed by atoms with Gasteiger partial charge in [0.2, 0.25) is 5.91 Å². The van der Waals surface area contributed by atoms with E-state index < -0.39 is 11.6 Å². The minimum Gasteiger partial charge on any atom is -0.376 e. The molecular weight excluding hydrogens is 314 g/mol. The van der Waals surface area contributed by atoms with Crippen LogP contribution in [0.3, 0.4) is 0 Å². The molecule has 0 unspecified atom stereocenters. The summed E-state index contributed by atoms with van der Waals surface area (Å²) >= 11 is 0. The highest BCUT2D eigenvalue weighted by Gasteiger charge is 2.43. The van der Waals surface area contributed by atoms with Crippen molar-refractivity contribution in [2.75, 3.05) is 26.2 Å². The fraction of sp³-hybridized carbons (Fsp3) is 0.611. The molecule has 0 aromatic heterocycles. The van der Waals surface area contributed by atoms with Gasteiger partial charge in [-0.05, 0) is 17.7 Å². The molecule has 1 N–H and O–H groups in total. The quantitative estimate of drug-likeness (QED) is 0.895. The number of nitrogens with one attached hydrogen (secondary N) is 1. The van der Waals surface area contributed by atoms with Crippen molar-refractivity contribution in [3.05, 3.63) is 35.4 Å². The Morgan fingerprint density at radius 2 is 2.12 bits per heavy atom. The number of benzene rings is 1. The Hall–Kier alpha value is -1.53. The highest BCUT2D eigenvalue weighted by molar-refractivity contribution is 5.77. The van der Waals surface area contributed by atoms with E-state index in [1.54, 1.807) is 6.07 Å². The summed E-state index contributed by atoms with van der Waals surface area (Å²) in [5, 5.41) is 2.99. The van der Waals surface area contributed by atoms with Gasteiger partial charge < -0.3 is 10.1 Å². The Morgan fingerprint density at radius 3 is 2.83 bits per heavy atom. The third kappa shape index (κ3) is 3.75. The predicted molar refractivity (Wildman–Crippen MR) is 86.2 cm³/mol. The highest BCUT2D eigenvalue weighted by Crippen LogP contribution is 2.34. The minimum atomic E-state index is -0.818. The van der Waals surface area contributed by atoms with E-state index >= 15 is 0 Å². The zero-order valence-corrected chi connectivity index (χ0v) is 14.1. The molecule has 2 fully saturated rings. The minimum absolute atomic E-state index is 0.0171. The largest absolute Gasteiger partial charge is 0.376 e. The second-order valence-corrected chi connectivity index (χ2v) is 7.14. The Balaban J connectivity index is 1.54. The molecule has 24 heavy (non-hydrogen) atoms. The Morgan fingerprint density at radius 1 is 1.33 bits per heavy atom. The van der Waals surface area contributed by atoms with E-state index in [-0.39, 0.29) is 17.9 Å². The monoisotopic (exact) mass is 338 g/mol. The molecule has 132 valence electrons. The Bertz CT molecular complexity index is 609. The van der Waals surface area contributed by atoms with Gasteiger partial charge in [-0.2, -0.15) is 0 Å². The van der Waals surface area contributed by atoms with Crippen molar-refractivity contribution in [2.24, 2.45) is 17.8 Å². The van der Waals surface area contributed by atoms with Crippen LogP contribution in [0.2, 0.25) is 0 Å². The molecule has 2 saturated heterocycles. The van der Waals surface area contributed by atoms with Gasteiger partial charge in [0.1, 0.15) is 0 Å². The molecule has 0 saturated carbocycles. The smallest absolute Gasteiger partial charge is 0.222 e. The molecular formula is C18H24F2N2O2. The zero-order chi connectivity index (χ0) is 17.3. The molecule has 0 spiro atoms. The molecule has 1 aromatic rings. The summed E-state index contributed by atoms with van der Waals surface area (Å²) in [6.45, 7) is 7.29. The summed E-state index contributed by atoms with van der Waals surface area (Å²) in [4.78, 5) is 13.9. The van der Waals surface area contributed by atoms with Crippen LogP contribution in [0, 0.1) is 29.4 Å². The van der Waals surface area contributed by atoms with Gasteiger partial charge in [0.25, 0.3) is 0 Å². The van der Waals surface area contributed by atoms with Gasteiger partial charge in [-0.1, -0.05) is 19.9 Å². The molecule has 0 aliphatic carbocycles. The molecule has 2 heterocycles. The number of halogens is 2. The summed E-state index contributed by atoms with van der Waals surface area (Å²) in [6.07, 6.45) is 0.163. The number of nitrogens with zero attached hydrogens (tertiary/aromatic N) is 1. The van der Waals surface area contributed by atoms with E-state index in [1.165, 1.54) is 12.1 Å². The first-order valence-electron chi connectivity index (χ1n) is 8.49. The fourth-order valence-corrected chi connectivity index (χ4v) is 3.55. The van der Waals surface area contributed by atoms with Crippen LogP contribution in [-0.4, -0.2) is 43.2 Å². The molecule has 6 heteroatoms. The Labute approximate surface area is 141 Å². The van der Waals surface area contributed by atoms with Gasteiger partial charge in [-0.25, -0.2) is 8.78 Å². The second-order valence-electron chi connectivity index (χ2n) is 7.14. The van der Waals surface area contributed by atoms with Crippen molar-refractivity contribution in [1.29, 1.82) is 0 Å². The van der Waals surface area contributed by atoms with Crippen LogP contribution < -0.4 is 5.32 Å². The molecule has 3 rings (SSSR count). The van der Waals surface area contributed by atoms with Crippen LogP contribution in [0.25, 0.3) is 0 Å². The summed E-state index contributed by atoms with van der Waals surface area (Å²) < 4.78 is 32.2. The average molecular weight is 338 g/mol. The number of ether oxygens (including phenoxy) is 1. The van der Waals surface area contributed by atoms with Gasteiger partial charge in [0.05, 0.1) is 12.7 Å². The molecule has 4 nitrogen and oxygen atoms in total. The van der Waals surface area contributed by atoms with Gasteiger partial charge in [-0.15, -0.1) is 0 Å². The van der Waals surface area contributed by atoms with Crippen molar-refractivity contribution in [3.8, 4) is 0 Å². The highest BCUT2D eigenvalue weighted by atomic mass is 19.2. The SMILES string of the molecule is CC(C)C(=O)NC[C@@H]1CO[C@H]2CN(Cc3ccc(F)c(F)c3)C[C@@H]12. The van der Waals surface area contributed by atoms with E-state index in [2.05, 4.69) is 10.2 Å². The normalized spacial score (nSPS) is 26.8. The number of hydrogen-bond donors (Lipinski definition) is 1. The zero-order valence-electron chi connectivity index (χ0n) is 14.1. The lowest BCUT2D eigenvalue weighted by Crippen LogP contribution is -2.36. The lowest BCUT2D eigenvalue weighted by atomic mass is 9.93. The average Bonchev–Trinajstić information content (AvgIpc) is 3.09. The summed E-state index contributed by atoms with van der Waals surface area (Å²) in [7, 11) is 0. The molecule has 1 amide bonds. The van der Waals surface area contributed by atoms with Crippen LogP contribution in [-0.2, 0) is 16.1 Å². The molecule has 2 aliphatic rings. The first kappa shape index (κ1) is 17.3. The van der Waals surface area contributed by atoms with Crippen molar-refractivity contribution < 1.29 is 18.3 Å². The molecule has 3 atom stereocenters. The summed E-state index contributed by atoms with van der Waals surface area (Å²) in [6, 6.07) is 4.04. The lowest BCUT2D eigenvalue weighted by molar-refractivity contribution is -0.124. The van der Waals surface area contributed by atoms with Crippen molar-refractivity contribution >= 4 is 5.91 Å². The van der Waals surface area contributed by atoms with Crippen LogP contribution in [0.4, 0.5) is 8.78 Å².